The molecule has 1 atom stereocenters. The predicted octanol–water partition coefficient (Wildman–Crippen LogP) is 2.00. The van der Waals surface area contributed by atoms with Crippen LogP contribution in [0.4, 0.5) is 4.39 Å². The standard InChI is InChI=1S/C18H22FNO5/c1-12-10-14(19)2-3-15(12)25-18(17(22)23)5-7-20(8-6-18)16(21)13-4-9-24-11-13/h2-3,10,13H,4-9,11H2,1H3,(H,22,23)/t13-/m0/s1. The maximum Gasteiger partial charge on any atom is 0.348 e. The lowest BCUT2D eigenvalue weighted by Gasteiger charge is -2.39. The number of halogens is 1. The molecule has 3 rings (SSSR count). The van der Waals surface area contributed by atoms with E-state index in [2.05, 4.69) is 0 Å². The third-order valence-corrected chi connectivity index (χ3v) is 4.99. The number of rotatable bonds is 4. The number of hydrogen-bond acceptors (Lipinski definition) is 4. The molecular formula is C18H22FNO5. The first kappa shape index (κ1) is 17.7. The van der Waals surface area contributed by atoms with Gasteiger partial charge in [-0.05, 0) is 37.1 Å². The molecule has 6 nitrogen and oxygen atoms in total. The van der Waals surface area contributed by atoms with Crippen LogP contribution in [-0.2, 0) is 14.3 Å². The van der Waals surface area contributed by atoms with E-state index in [9.17, 15) is 19.1 Å². The van der Waals surface area contributed by atoms with E-state index in [0.29, 0.717) is 44.0 Å². The number of carboxylic acids is 1. The zero-order valence-electron chi connectivity index (χ0n) is 14.2. The Morgan fingerprint density at radius 3 is 2.64 bits per heavy atom. The molecule has 7 heteroatoms. The highest BCUT2D eigenvalue weighted by atomic mass is 19.1. The number of benzene rings is 1. The predicted molar refractivity (Wildman–Crippen MR) is 86.9 cm³/mol. The van der Waals surface area contributed by atoms with Crippen molar-refractivity contribution in [3.63, 3.8) is 0 Å². The van der Waals surface area contributed by atoms with E-state index < -0.39 is 17.4 Å². The number of nitrogens with zero attached hydrogens (tertiary/aromatic N) is 1. The Balaban J connectivity index is 1.70. The topological polar surface area (TPSA) is 76.1 Å². The van der Waals surface area contributed by atoms with Crippen LogP contribution in [-0.4, -0.2) is 53.8 Å². The molecule has 2 heterocycles. The van der Waals surface area contributed by atoms with E-state index in [1.165, 1.54) is 18.2 Å². The molecule has 2 saturated heterocycles. The second-order valence-corrected chi connectivity index (χ2v) is 6.70. The maximum absolute atomic E-state index is 13.2. The summed E-state index contributed by atoms with van der Waals surface area (Å²) in [5.41, 5.74) is -0.854. The van der Waals surface area contributed by atoms with Gasteiger partial charge in [-0.2, -0.15) is 0 Å². The highest BCUT2D eigenvalue weighted by Gasteiger charge is 2.46. The number of hydrogen-bond donors (Lipinski definition) is 1. The number of carboxylic acid groups (broad SMARTS) is 1. The van der Waals surface area contributed by atoms with E-state index >= 15 is 0 Å². The van der Waals surface area contributed by atoms with Crippen LogP contribution in [0.15, 0.2) is 18.2 Å². The quantitative estimate of drug-likeness (QED) is 0.898. The van der Waals surface area contributed by atoms with Crippen molar-refractivity contribution >= 4 is 11.9 Å². The highest BCUT2D eigenvalue weighted by molar-refractivity contribution is 5.81. The minimum Gasteiger partial charge on any atom is -0.478 e. The van der Waals surface area contributed by atoms with E-state index in [4.69, 9.17) is 9.47 Å². The van der Waals surface area contributed by atoms with Crippen molar-refractivity contribution in [3.8, 4) is 5.75 Å². The lowest BCUT2D eigenvalue weighted by Crippen LogP contribution is -2.55. The summed E-state index contributed by atoms with van der Waals surface area (Å²) in [7, 11) is 0. The number of ether oxygens (including phenoxy) is 2. The van der Waals surface area contributed by atoms with Gasteiger partial charge in [-0.25, -0.2) is 9.18 Å². The Hall–Kier alpha value is -2.15. The fraction of sp³-hybridized carbons (Fsp3) is 0.556. The molecule has 0 aromatic heterocycles. The van der Waals surface area contributed by atoms with Crippen molar-refractivity contribution in [1.82, 2.24) is 4.90 Å². The van der Waals surface area contributed by atoms with Crippen LogP contribution < -0.4 is 4.74 Å². The molecule has 1 aromatic carbocycles. The van der Waals surface area contributed by atoms with Gasteiger partial charge in [0, 0.05) is 32.5 Å². The first-order chi connectivity index (χ1) is 11.9. The van der Waals surface area contributed by atoms with Gasteiger partial charge in [0.25, 0.3) is 0 Å². The lowest BCUT2D eigenvalue weighted by atomic mass is 9.90. The van der Waals surface area contributed by atoms with Crippen LogP contribution in [0, 0.1) is 18.7 Å². The fourth-order valence-electron chi connectivity index (χ4n) is 3.37. The van der Waals surface area contributed by atoms with E-state index in [1.54, 1.807) is 11.8 Å². The van der Waals surface area contributed by atoms with Gasteiger partial charge in [0.1, 0.15) is 11.6 Å². The average Bonchev–Trinajstić information content (AvgIpc) is 3.12. The van der Waals surface area contributed by atoms with Gasteiger partial charge in [0.2, 0.25) is 11.5 Å². The summed E-state index contributed by atoms with van der Waals surface area (Å²) in [6.07, 6.45) is 1.10. The molecule has 2 aliphatic heterocycles. The molecule has 2 fully saturated rings. The molecule has 136 valence electrons. The monoisotopic (exact) mass is 351 g/mol. The maximum atomic E-state index is 13.2. The molecule has 0 radical (unpaired) electrons. The first-order valence-corrected chi connectivity index (χ1v) is 8.46. The van der Waals surface area contributed by atoms with Crippen LogP contribution >= 0.6 is 0 Å². The molecule has 25 heavy (non-hydrogen) atoms. The van der Waals surface area contributed by atoms with Crippen molar-refractivity contribution in [3.05, 3.63) is 29.6 Å². The second kappa shape index (κ2) is 7.00. The van der Waals surface area contributed by atoms with E-state index in [0.717, 1.165) is 0 Å². The Labute approximate surface area is 145 Å². The summed E-state index contributed by atoms with van der Waals surface area (Å²) < 4.78 is 24.3. The molecule has 0 bridgehead atoms. The molecule has 0 aliphatic carbocycles. The minimum atomic E-state index is -1.40. The van der Waals surface area contributed by atoms with Gasteiger partial charge >= 0.3 is 5.97 Å². The summed E-state index contributed by atoms with van der Waals surface area (Å²) in [6, 6.07) is 4.00. The average molecular weight is 351 g/mol. The van der Waals surface area contributed by atoms with Gasteiger partial charge in [0.15, 0.2) is 0 Å². The molecule has 2 aliphatic rings. The van der Waals surface area contributed by atoms with E-state index in [1.807, 2.05) is 0 Å². The molecule has 0 saturated carbocycles. The van der Waals surface area contributed by atoms with Crippen molar-refractivity contribution in [1.29, 1.82) is 0 Å². The third kappa shape index (κ3) is 3.61. The lowest BCUT2D eigenvalue weighted by molar-refractivity contribution is -0.162. The number of amides is 1. The van der Waals surface area contributed by atoms with Crippen molar-refractivity contribution in [2.75, 3.05) is 26.3 Å². The van der Waals surface area contributed by atoms with Gasteiger partial charge in [-0.15, -0.1) is 0 Å². The number of carbonyl (C=O) groups excluding carboxylic acids is 1. The smallest absolute Gasteiger partial charge is 0.348 e. The Morgan fingerprint density at radius 2 is 2.08 bits per heavy atom. The fourth-order valence-corrected chi connectivity index (χ4v) is 3.37. The van der Waals surface area contributed by atoms with Gasteiger partial charge in [0.05, 0.1) is 12.5 Å². The molecule has 1 aromatic rings. The van der Waals surface area contributed by atoms with Crippen LogP contribution in [0.1, 0.15) is 24.8 Å². The summed E-state index contributed by atoms with van der Waals surface area (Å²) in [4.78, 5) is 26.0. The SMILES string of the molecule is Cc1cc(F)ccc1OC1(C(=O)O)CCN(C(=O)[C@H]2CCOC2)CC1. The molecule has 0 unspecified atom stereocenters. The van der Waals surface area contributed by atoms with Crippen molar-refractivity contribution in [2.45, 2.75) is 31.8 Å². The summed E-state index contributed by atoms with van der Waals surface area (Å²) in [5, 5.41) is 9.71. The van der Waals surface area contributed by atoms with Crippen LogP contribution in [0.2, 0.25) is 0 Å². The second-order valence-electron chi connectivity index (χ2n) is 6.70. The first-order valence-electron chi connectivity index (χ1n) is 8.46. The molecule has 1 N–H and O–H groups in total. The zero-order chi connectivity index (χ0) is 18.0. The Kier molecular flexibility index (Phi) is 4.94. The van der Waals surface area contributed by atoms with Gasteiger partial charge in [-0.3, -0.25) is 4.79 Å². The van der Waals surface area contributed by atoms with Crippen LogP contribution in [0.5, 0.6) is 5.75 Å². The van der Waals surface area contributed by atoms with Crippen molar-refractivity contribution in [2.24, 2.45) is 5.92 Å². The summed E-state index contributed by atoms with van der Waals surface area (Å²) in [6.45, 7) is 3.34. The van der Waals surface area contributed by atoms with Crippen LogP contribution in [0.3, 0.4) is 0 Å². The number of likely N-dealkylation sites (tertiary alicyclic amines) is 1. The number of aryl methyl sites for hydroxylation is 1. The Bertz CT molecular complexity index is 663. The third-order valence-electron chi connectivity index (χ3n) is 4.99. The molecule has 1 amide bonds. The summed E-state index contributed by atoms with van der Waals surface area (Å²) >= 11 is 0. The van der Waals surface area contributed by atoms with Gasteiger partial charge in [-0.1, -0.05) is 0 Å². The van der Waals surface area contributed by atoms with Crippen LogP contribution in [0.25, 0.3) is 0 Å². The molecular weight excluding hydrogens is 329 g/mol. The normalized spacial score (nSPS) is 22.6. The largest absolute Gasteiger partial charge is 0.478 e. The highest BCUT2D eigenvalue weighted by Crippen LogP contribution is 2.32. The minimum absolute atomic E-state index is 0.0226. The van der Waals surface area contributed by atoms with Crippen molar-refractivity contribution < 1.29 is 28.6 Å². The zero-order valence-corrected chi connectivity index (χ0v) is 14.2. The molecule has 0 spiro atoms. The number of carbonyl (C=O) groups is 2. The number of aliphatic carboxylic acids is 1. The number of piperidine rings is 1. The summed E-state index contributed by atoms with van der Waals surface area (Å²) in [5.74, 6) is -1.21. The van der Waals surface area contributed by atoms with E-state index in [-0.39, 0.29) is 24.7 Å². The van der Waals surface area contributed by atoms with Gasteiger partial charge < -0.3 is 19.5 Å². The Morgan fingerprint density at radius 1 is 1.36 bits per heavy atom.